The molecule has 3 N–H and O–H groups in total. The van der Waals surface area contributed by atoms with E-state index in [1.54, 1.807) is 12.1 Å². The number of nitrogens with one attached hydrogen (secondary N) is 1. The van der Waals surface area contributed by atoms with E-state index in [2.05, 4.69) is 14.8 Å². The molecule has 1 aromatic carbocycles. The van der Waals surface area contributed by atoms with Gasteiger partial charge in [0.05, 0.1) is 11.4 Å². The van der Waals surface area contributed by atoms with Gasteiger partial charge in [-0.2, -0.15) is 0 Å². The molecular formula is C17H12ClN4O3S+. The number of aromatic amines is 1. The summed E-state index contributed by atoms with van der Waals surface area (Å²) in [5, 5.41) is 3.63. The zero-order chi connectivity index (χ0) is 18.4. The van der Waals surface area contributed by atoms with Gasteiger partial charge in [-0.15, -0.1) is 11.3 Å². The lowest BCUT2D eigenvalue weighted by atomic mass is 10.1. The molecule has 0 unspecified atom stereocenters. The van der Waals surface area contributed by atoms with E-state index in [4.69, 9.17) is 17.3 Å². The zero-order valence-electron chi connectivity index (χ0n) is 13.4. The van der Waals surface area contributed by atoms with Gasteiger partial charge >= 0.3 is 11.3 Å². The van der Waals surface area contributed by atoms with Crippen molar-refractivity contribution in [2.24, 2.45) is 7.05 Å². The summed E-state index contributed by atoms with van der Waals surface area (Å²) in [5.41, 5.74) is 7.20. The summed E-state index contributed by atoms with van der Waals surface area (Å²) >= 11 is 7.06. The number of pyridine rings is 1. The second-order valence-electron chi connectivity index (χ2n) is 5.62. The van der Waals surface area contributed by atoms with Crippen LogP contribution in [-0.2, 0) is 7.05 Å². The molecule has 0 atom stereocenters. The van der Waals surface area contributed by atoms with Crippen molar-refractivity contribution >= 4 is 44.6 Å². The largest absolute Gasteiger partial charge is 0.438 e. The predicted octanol–water partition coefficient (Wildman–Crippen LogP) is 2.54. The van der Waals surface area contributed by atoms with Gasteiger partial charge < -0.3 is 5.73 Å². The van der Waals surface area contributed by atoms with Crippen molar-refractivity contribution in [2.45, 2.75) is 0 Å². The van der Waals surface area contributed by atoms with E-state index in [1.165, 1.54) is 11.7 Å². The smallest absolute Gasteiger partial charge is 0.397 e. The first-order valence-electron chi connectivity index (χ1n) is 7.53. The third kappa shape index (κ3) is 2.59. The Morgan fingerprint density at radius 3 is 2.65 bits per heavy atom. The molecule has 130 valence electrons. The van der Waals surface area contributed by atoms with E-state index in [0.717, 1.165) is 22.6 Å². The minimum Gasteiger partial charge on any atom is -0.397 e. The Morgan fingerprint density at radius 2 is 2.00 bits per heavy atom. The number of thiophene rings is 1. The lowest BCUT2D eigenvalue weighted by molar-refractivity contribution is -0.741. The summed E-state index contributed by atoms with van der Waals surface area (Å²) in [6.07, 6.45) is 0. The average molecular weight is 388 g/mol. The molecule has 3 heterocycles. The van der Waals surface area contributed by atoms with E-state index in [1.807, 2.05) is 24.3 Å². The van der Waals surface area contributed by atoms with Crippen LogP contribution in [0.2, 0.25) is 5.02 Å². The number of benzene rings is 1. The maximum atomic E-state index is 12.7. The minimum atomic E-state index is -0.746. The van der Waals surface area contributed by atoms with Crippen LogP contribution < -0.4 is 16.0 Å². The lowest BCUT2D eigenvalue weighted by Gasteiger charge is -2.01. The maximum absolute atomic E-state index is 12.7. The van der Waals surface area contributed by atoms with Gasteiger partial charge in [0.2, 0.25) is 0 Å². The summed E-state index contributed by atoms with van der Waals surface area (Å²) in [5.74, 6) is -0.504. The number of aromatic nitrogens is 3. The number of ketones is 1. The van der Waals surface area contributed by atoms with Crippen molar-refractivity contribution in [2.75, 3.05) is 5.73 Å². The molecule has 9 heteroatoms. The van der Waals surface area contributed by atoms with Crippen LogP contribution in [0.5, 0.6) is 0 Å². The molecule has 0 saturated heterocycles. The molecule has 4 aromatic rings. The maximum Gasteiger partial charge on any atom is 0.438 e. The molecule has 26 heavy (non-hydrogen) atoms. The standard InChI is InChI=1S/C17H11ClN4O3S/c1-22-13(17(24)25-21-22)14(23)15-12(19)10-6-7-11(20-16(10)26-15)8-2-4-9(18)5-3-8/h2-7H,1H3,(H2-,19,21,23,24)/p+1. The van der Waals surface area contributed by atoms with Crippen LogP contribution in [0.25, 0.3) is 21.5 Å². The molecule has 3 aromatic heterocycles. The van der Waals surface area contributed by atoms with E-state index < -0.39 is 11.4 Å². The van der Waals surface area contributed by atoms with Crippen molar-refractivity contribution in [3.63, 3.8) is 0 Å². The van der Waals surface area contributed by atoms with Gasteiger partial charge in [-0.25, -0.2) is 9.78 Å². The molecule has 0 bridgehead atoms. The van der Waals surface area contributed by atoms with Crippen LogP contribution in [0.4, 0.5) is 5.69 Å². The highest BCUT2D eigenvalue weighted by molar-refractivity contribution is 7.21. The summed E-state index contributed by atoms with van der Waals surface area (Å²) in [6.45, 7) is 0. The monoisotopic (exact) mass is 387 g/mol. The molecule has 7 nitrogen and oxygen atoms in total. The first-order valence-corrected chi connectivity index (χ1v) is 8.72. The quantitative estimate of drug-likeness (QED) is 0.415. The van der Waals surface area contributed by atoms with Crippen LogP contribution in [0.1, 0.15) is 15.4 Å². The zero-order valence-corrected chi connectivity index (χ0v) is 15.0. The SMILES string of the molecule is C[n+]1[nH]oc(=O)c1C(=O)c1sc2nc(-c3ccc(Cl)cc3)ccc2c1N. The molecular weight excluding hydrogens is 376 g/mol. The molecule has 0 amide bonds. The van der Waals surface area contributed by atoms with Crippen LogP contribution in [0.3, 0.4) is 0 Å². The highest BCUT2D eigenvalue weighted by Gasteiger charge is 2.31. The van der Waals surface area contributed by atoms with Crippen molar-refractivity contribution in [3.8, 4) is 11.3 Å². The number of nitrogens with zero attached hydrogens (tertiary/aromatic N) is 2. The minimum absolute atomic E-state index is 0.124. The van der Waals surface area contributed by atoms with Crippen LogP contribution in [0, 0.1) is 0 Å². The highest BCUT2D eigenvalue weighted by Crippen LogP contribution is 2.35. The van der Waals surface area contributed by atoms with Crippen molar-refractivity contribution in [1.29, 1.82) is 0 Å². The highest BCUT2D eigenvalue weighted by atomic mass is 35.5. The molecule has 0 aliphatic carbocycles. The lowest BCUT2D eigenvalue weighted by Crippen LogP contribution is -2.39. The molecule has 0 aliphatic heterocycles. The molecule has 0 fully saturated rings. The van der Waals surface area contributed by atoms with Crippen LogP contribution in [-0.4, -0.2) is 16.0 Å². The van der Waals surface area contributed by atoms with Gasteiger partial charge in [-0.05, 0) is 29.5 Å². The number of carbonyl (C=O) groups excluding carboxylic acids is 1. The third-order valence-electron chi connectivity index (χ3n) is 3.96. The second-order valence-corrected chi connectivity index (χ2v) is 7.05. The summed E-state index contributed by atoms with van der Waals surface area (Å²) in [7, 11) is 1.51. The Labute approximate surface area is 155 Å². The Bertz CT molecular complexity index is 1210. The summed E-state index contributed by atoms with van der Waals surface area (Å²) in [4.78, 5) is 29.9. The number of rotatable bonds is 3. The van der Waals surface area contributed by atoms with Crippen molar-refractivity contribution in [1.82, 2.24) is 10.3 Å². The van der Waals surface area contributed by atoms with Gasteiger partial charge in [0.15, 0.2) is 7.05 Å². The first kappa shape index (κ1) is 16.5. The first-order chi connectivity index (χ1) is 12.5. The molecule has 0 saturated carbocycles. The van der Waals surface area contributed by atoms with E-state index in [-0.39, 0.29) is 10.6 Å². The topological polar surface area (TPSA) is 106 Å². The van der Waals surface area contributed by atoms with E-state index in [0.29, 0.717) is 20.9 Å². The van der Waals surface area contributed by atoms with E-state index in [9.17, 15) is 9.59 Å². The summed E-state index contributed by atoms with van der Waals surface area (Å²) in [6, 6.07) is 10.9. The third-order valence-corrected chi connectivity index (χ3v) is 5.33. The van der Waals surface area contributed by atoms with Crippen molar-refractivity contribution < 1.29 is 14.0 Å². The number of carbonyl (C=O) groups is 1. The number of nitrogens with two attached hydrogens (primary N) is 1. The second kappa shape index (κ2) is 6.08. The number of halogens is 1. The number of fused-ring (bicyclic) bond motifs is 1. The van der Waals surface area contributed by atoms with Gasteiger partial charge in [-0.1, -0.05) is 28.4 Å². The van der Waals surface area contributed by atoms with E-state index >= 15 is 0 Å². The fourth-order valence-electron chi connectivity index (χ4n) is 2.64. The molecule has 0 spiro atoms. The van der Waals surface area contributed by atoms with Crippen molar-refractivity contribution in [3.05, 3.63) is 62.4 Å². The van der Waals surface area contributed by atoms with Gasteiger partial charge in [0.25, 0.3) is 5.78 Å². The van der Waals surface area contributed by atoms with Gasteiger partial charge in [-0.3, -0.25) is 9.32 Å². The summed E-state index contributed by atoms with van der Waals surface area (Å²) < 4.78 is 5.86. The van der Waals surface area contributed by atoms with Gasteiger partial charge in [0.1, 0.15) is 9.71 Å². The van der Waals surface area contributed by atoms with Crippen LogP contribution >= 0.6 is 22.9 Å². The normalized spacial score (nSPS) is 11.2. The average Bonchev–Trinajstić information content (AvgIpc) is 3.14. The molecule has 0 radical (unpaired) electrons. The molecule has 0 aliphatic rings. The number of anilines is 1. The number of H-pyrrole nitrogens is 1. The Balaban J connectivity index is 1.83. The van der Waals surface area contributed by atoms with Crippen LogP contribution in [0.15, 0.2) is 45.7 Å². The van der Waals surface area contributed by atoms with Gasteiger partial charge in [0, 0.05) is 16.0 Å². The Kier molecular flexibility index (Phi) is 3.86. The number of nitrogen functional groups attached to an aromatic ring is 1. The Hall–Kier alpha value is -2.97. The molecule has 4 rings (SSSR count). The number of aryl methyl sites for hydroxylation is 1. The fourth-order valence-corrected chi connectivity index (χ4v) is 3.80. The predicted molar refractivity (Wildman–Crippen MR) is 98.4 cm³/mol. The fraction of sp³-hybridized carbons (Fsp3) is 0.0588. The number of hydrogen-bond acceptors (Lipinski definition) is 6. The number of hydrogen-bond donors (Lipinski definition) is 2. The Morgan fingerprint density at radius 1 is 1.27 bits per heavy atom.